The van der Waals surface area contributed by atoms with Crippen molar-refractivity contribution in [3.63, 3.8) is 0 Å². The van der Waals surface area contributed by atoms with Crippen LogP contribution in [-0.4, -0.2) is 20.0 Å². The van der Waals surface area contributed by atoms with E-state index in [0.29, 0.717) is 5.56 Å². The molecule has 0 radical (unpaired) electrons. The molecule has 1 heterocycles. The molecule has 1 aliphatic rings. The Labute approximate surface area is 149 Å². The second-order valence-electron chi connectivity index (χ2n) is 7.26. The number of hydrogen-bond donors (Lipinski definition) is 2. The Bertz CT molecular complexity index is 838. The zero-order chi connectivity index (χ0) is 18.3. The summed E-state index contributed by atoms with van der Waals surface area (Å²) in [4.78, 5) is 0. The summed E-state index contributed by atoms with van der Waals surface area (Å²) in [6, 6.07) is 3.46. The molecule has 1 aromatic heterocycles. The molecule has 2 atom stereocenters. The largest absolute Gasteiger partial charge is 0.507 e. The molecule has 2 aromatic rings. The zero-order valence-electron chi connectivity index (χ0n) is 15.4. The summed E-state index contributed by atoms with van der Waals surface area (Å²) in [6.07, 6.45) is 6.07. The maximum atomic E-state index is 10.7. The van der Waals surface area contributed by atoms with Crippen LogP contribution >= 0.6 is 0 Å². The van der Waals surface area contributed by atoms with E-state index in [2.05, 4.69) is 24.7 Å². The van der Waals surface area contributed by atoms with Crippen molar-refractivity contribution in [1.82, 2.24) is 9.78 Å². The number of aryl methyl sites for hydroxylation is 2. The molecule has 4 nitrogen and oxygen atoms in total. The number of hydrogen-bond acceptors (Lipinski definition) is 3. The van der Waals surface area contributed by atoms with Crippen LogP contribution in [0.5, 0.6) is 11.5 Å². The Balaban J connectivity index is 2.10. The molecule has 0 saturated carbocycles. The molecule has 0 amide bonds. The van der Waals surface area contributed by atoms with Crippen molar-refractivity contribution >= 4 is 0 Å². The summed E-state index contributed by atoms with van der Waals surface area (Å²) in [5, 5.41) is 25.8. The zero-order valence-corrected chi connectivity index (χ0v) is 15.4. The quantitative estimate of drug-likeness (QED) is 0.789. The fraction of sp³-hybridized carbons (Fsp3) is 0.381. The van der Waals surface area contributed by atoms with Crippen molar-refractivity contribution in [2.45, 2.75) is 39.5 Å². The van der Waals surface area contributed by atoms with Gasteiger partial charge in [-0.25, -0.2) is 0 Å². The number of allylic oxidation sites excluding steroid dienone is 3. The number of phenolic OH excluding ortho intramolecular Hbond substituents is 2. The summed E-state index contributed by atoms with van der Waals surface area (Å²) < 4.78 is 1.73. The third-order valence-electron chi connectivity index (χ3n) is 5.17. The van der Waals surface area contributed by atoms with Crippen LogP contribution in [-0.2, 0) is 7.05 Å². The van der Waals surface area contributed by atoms with Gasteiger partial charge in [0.1, 0.15) is 11.5 Å². The molecule has 0 spiro atoms. The minimum atomic E-state index is -0.0460. The van der Waals surface area contributed by atoms with Crippen molar-refractivity contribution in [2.75, 3.05) is 0 Å². The predicted octanol–water partition coefficient (Wildman–Crippen LogP) is 4.82. The van der Waals surface area contributed by atoms with Crippen LogP contribution in [0.4, 0.5) is 0 Å². The Morgan fingerprint density at radius 3 is 2.40 bits per heavy atom. The van der Waals surface area contributed by atoms with E-state index >= 15 is 0 Å². The lowest BCUT2D eigenvalue weighted by molar-refractivity contribution is 0.407. The molecular formula is C21H26N2O2. The van der Waals surface area contributed by atoms with Crippen LogP contribution in [0, 0.1) is 12.8 Å². The van der Waals surface area contributed by atoms with E-state index in [1.165, 1.54) is 5.57 Å². The van der Waals surface area contributed by atoms with Gasteiger partial charge in [-0.3, -0.25) is 4.68 Å². The van der Waals surface area contributed by atoms with Gasteiger partial charge in [-0.05, 0) is 57.2 Å². The molecule has 25 heavy (non-hydrogen) atoms. The molecule has 132 valence electrons. The average Bonchev–Trinajstić information content (AvgIpc) is 2.85. The SMILES string of the molecule is C=C(C)[C@@H]1CCC(C)=C[C@H]1c1c(O)cc(-c2cn(C)nc2C)cc1O. The van der Waals surface area contributed by atoms with E-state index in [1.54, 1.807) is 16.8 Å². The first-order chi connectivity index (χ1) is 11.8. The molecule has 0 aliphatic heterocycles. The van der Waals surface area contributed by atoms with E-state index in [4.69, 9.17) is 0 Å². The Morgan fingerprint density at radius 1 is 1.24 bits per heavy atom. The number of phenols is 2. The molecule has 1 aliphatic carbocycles. The lowest BCUT2D eigenvalue weighted by atomic mass is 9.73. The van der Waals surface area contributed by atoms with Crippen LogP contribution in [0.2, 0.25) is 0 Å². The van der Waals surface area contributed by atoms with E-state index < -0.39 is 0 Å². The molecule has 4 heteroatoms. The molecule has 1 aromatic carbocycles. The maximum absolute atomic E-state index is 10.7. The van der Waals surface area contributed by atoms with Gasteiger partial charge in [0.25, 0.3) is 0 Å². The van der Waals surface area contributed by atoms with Gasteiger partial charge in [-0.15, -0.1) is 0 Å². The number of aromatic nitrogens is 2. The minimum absolute atomic E-state index is 0.0460. The minimum Gasteiger partial charge on any atom is -0.507 e. The van der Waals surface area contributed by atoms with Gasteiger partial charge < -0.3 is 10.2 Å². The third kappa shape index (κ3) is 3.21. The topological polar surface area (TPSA) is 58.3 Å². The third-order valence-corrected chi connectivity index (χ3v) is 5.17. The van der Waals surface area contributed by atoms with Gasteiger partial charge >= 0.3 is 0 Å². The fourth-order valence-electron chi connectivity index (χ4n) is 3.91. The lowest BCUT2D eigenvalue weighted by Crippen LogP contribution is -2.17. The van der Waals surface area contributed by atoms with Gasteiger partial charge in [0.05, 0.1) is 5.69 Å². The number of nitrogens with zero attached hydrogens (tertiary/aromatic N) is 2. The highest BCUT2D eigenvalue weighted by Crippen LogP contribution is 2.47. The molecule has 0 fully saturated rings. The highest BCUT2D eigenvalue weighted by Gasteiger charge is 2.30. The summed E-state index contributed by atoms with van der Waals surface area (Å²) in [5.41, 5.74) is 5.51. The summed E-state index contributed by atoms with van der Waals surface area (Å²) >= 11 is 0. The summed E-state index contributed by atoms with van der Waals surface area (Å²) in [7, 11) is 1.86. The summed E-state index contributed by atoms with van der Waals surface area (Å²) in [5.74, 6) is 0.433. The van der Waals surface area contributed by atoms with E-state index in [9.17, 15) is 10.2 Å². The van der Waals surface area contributed by atoms with Crippen LogP contribution in [0.1, 0.15) is 43.9 Å². The van der Waals surface area contributed by atoms with Crippen LogP contribution in [0.25, 0.3) is 11.1 Å². The standard InChI is InChI=1S/C21H26N2O2/c1-12(2)16-7-6-13(3)8-17(16)21-19(24)9-15(10-20(21)25)18-11-23(5)22-14(18)4/h8-11,16-17,24-25H,1,6-7H2,2-5H3/t16-,17+/m0/s1. The van der Waals surface area contributed by atoms with Crippen molar-refractivity contribution < 1.29 is 10.2 Å². The van der Waals surface area contributed by atoms with E-state index in [-0.39, 0.29) is 23.3 Å². The van der Waals surface area contributed by atoms with Crippen LogP contribution in [0.3, 0.4) is 0 Å². The number of rotatable bonds is 3. The van der Waals surface area contributed by atoms with E-state index in [0.717, 1.165) is 35.2 Å². The van der Waals surface area contributed by atoms with Crippen molar-refractivity contribution in [2.24, 2.45) is 13.0 Å². The summed E-state index contributed by atoms with van der Waals surface area (Å²) in [6.45, 7) is 10.2. The van der Waals surface area contributed by atoms with Crippen LogP contribution < -0.4 is 0 Å². The first-order valence-corrected chi connectivity index (χ1v) is 8.67. The van der Waals surface area contributed by atoms with Crippen molar-refractivity contribution in [1.29, 1.82) is 0 Å². The Kier molecular flexibility index (Phi) is 4.46. The maximum Gasteiger partial charge on any atom is 0.123 e. The Hall–Kier alpha value is -2.49. The second kappa shape index (κ2) is 6.43. The Morgan fingerprint density at radius 2 is 1.88 bits per heavy atom. The molecular weight excluding hydrogens is 312 g/mol. The van der Waals surface area contributed by atoms with Crippen molar-refractivity contribution in [3.05, 3.63) is 53.4 Å². The fourth-order valence-corrected chi connectivity index (χ4v) is 3.91. The highest BCUT2D eigenvalue weighted by molar-refractivity contribution is 5.71. The van der Waals surface area contributed by atoms with Crippen LogP contribution in [0.15, 0.2) is 42.1 Å². The van der Waals surface area contributed by atoms with Gasteiger partial charge in [0.2, 0.25) is 0 Å². The number of benzene rings is 1. The molecule has 0 bridgehead atoms. The van der Waals surface area contributed by atoms with Gasteiger partial charge in [-0.1, -0.05) is 23.8 Å². The molecule has 2 N–H and O–H groups in total. The average molecular weight is 338 g/mol. The predicted molar refractivity (Wildman–Crippen MR) is 101 cm³/mol. The number of aromatic hydroxyl groups is 2. The first-order valence-electron chi connectivity index (χ1n) is 8.67. The van der Waals surface area contributed by atoms with Gasteiger partial charge in [0.15, 0.2) is 0 Å². The molecule has 3 rings (SSSR count). The lowest BCUT2D eigenvalue weighted by Gasteiger charge is -2.31. The molecule has 0 saturated heterocycles. The first kappa shape index (κ1) is 17.3. The van der Waals surface area contributed by atoms with Gasteiger partial charge in [0, 0.05) is 30.3 Å². The highest BCUT2D eigenvalue weighted by atomic mass is 16.3. The van der Waals surface area contributed by atoms with Crippen molar-refractivity contribution in [3.8, 4) is 22.6 Å². The molecule has 0 unspecified atom stereocenters. The van der Waals surface area contributed by atoms with E-state index in [1.807, 2.05) is 27.1 Å². The van der Waals surface area contributed by atoms with Gasteiger partial charge in [-0.2, -0.15) is 5.10 Å². The second-order valence-corrected chi connectivity index (χ2v) is 7.26. The normalized spacial score (nSPS) is 20.4. The monoisotopic (exact) mass is 338 g/mol. The smallest absolute Gasteiger partial charge is 0.123 e.